The number of anilines is 1. The Hall–Kier alpha value is -1.87. The highest BCUT2D eigenvalue weighted by Crippen LogP contribution is 2.28. The minimum absolute atomic E-state index is 0.125. The smallest absolute Gasteiger partial charge is 0.141 e. The Bertz CT molecular complexity index is 625. The third-order valence-corrected chi connectivity index (χ3v) is 3.19. The normalized spacial score (nSPS) is 13.6. The molecule has 0 amide bonds. The van der Waals surface area contributed by atoms with Gasteiger partial charge in [-0.2, -0.15) is 0 Å². The summed E-state index contributed by atoms with van der Waals surface area (Å²) in [4.78, 5) is 6.31. The molecule has 3 rings (SSSR count). The fraction of sp³-hybridized carbons (Fsp3) is 0.0714. The first-order valence-electron chi connectivity index (χ1n) is 5.58. The van der Waals surface area contributed by atoms with Crippen molar-refractivity contribution in [2.75, 3.05) is 4.90 Å². The maximum absolute atomic E-state index is 13.1. The van der Waals surface area contributed by atoms with Crippen LogP contribution in [0.2, 0.25) is 5.02 Å². The molecule has 0 aromatic heterocycles. The van der Waals surface area contributed by atoms with E-state index in [9.17, 15) is 4.39 Å². The van der Waals surface area contributed by atoms with Gasteiger partial charge in [-0.1, -0.05) is 29.8 Å². The van der Waals surface area contributed by atoms with Gasteiger partial charge in [0.25, 0.3) is 0 Å². The van der Waals surface area contributed by atoms with Crippen LogP contribution in [-0.4, -0.2) is 6.34 Å². The molecule has 0 spiro atoms. The van der Waals surface area contributed by atoms with Gasteiger partial charge in [0.05, 0.1) is 23.6 Å². The summed E-state index contributed by atoms with van der Waals surface area (Å²) >= 11 is 5.79. The summed E-state index contributed by atoms with van der Waals surface area (Å²) in [6, 6.07) is 12.6. The Morgan fingerprint density at radius 2 is 2.00 bits per heavy atom. The lowest BCUT2D eigenvalue weighted by Gasteiger charge is -2.24. The Balaban J connectivity index is 1.94. The summed E-state index contributed by atoms with van der Waals surface area (Å²) in [6.45, 7) is 0.710. The molecule has 0 radical (unpaired) electrons. The highest BCUT2D eigenvalue weighted by Gasteiger charge is 2.13. The number of rotatable bonds is 1. The summed E-state index contributed by atoms with van der Waals surface area (Å²) in [6.07, 6.45) is 1.74. The van der Waals surface area contributed by atoms with Crippen molar-refractivity contribution in [2.24, 2.45) is 4.99 Å². The summed E-state index contributed by atoms with van der Waals surface area (Å²) in [7, 11) is 0. The molecule has 0 N–H and O–H groups in total. The number of aliphatic imine (C=N–C) groups is 1. The Morgan fingerprint density at radius 3 is 2.83 bits per heavy atom. The summed E-state index contributed by atoms with van der Waals surface area (Å²) in [5.41, 5.74) is 2.95. The molecule has 90 valence electrons. The number of fused-ring (bicyclic) bond motifs is 1. The number of benzene rings is 2. The summed E-state index contributed by atoms with van der Waals surface area (Å²) < 4.78 is 13.1. The van der Waals surface area contributed by atoms with Gasteiger partial charge in [0.15, 0.2) is 0 Å². The Kier molecular flexibility index (Phi) is 2.76. The Morgan fingerprint density at radius 1 is 1.17 bits per heavy atom. The van der Waals surface area contributed by atoms with Crippen LogP contribution in [-0.2, 0) is 6.54 Å². The zero-order chi connectivity index (χ0) is 12.5. The van der Waals surface area contributed by atoms with Crippen molar-refractivity contribution in [1.82, 2.24) is 0 Å². The van der Waals surface area contributed by atoms with Gasteiger partial charge in [0.1, 0.15) is 5.82 Å². The first-order valence-corrected chi connectivity index (χ1v) is 5.95. The molecule has 0 saturated carbocycles. The molecule has 1 aliphatic rings. The molecule has 0 atom stereocenters. The number of hydrogen-bond acceptors (Lipinski definition) is 2. The molecule has 2 aromatic carbocycles. The van der Waals surface area contributed by atoms with Gasteiger partial charge >= 0.3 is 0 Å². The molecular weight excluding hydrogens is 251 g/mol. The fourth-order valence-electron chi connectivity index (χ4n) is 1.95. The first kappa shape index (κ1) is 11.2. The predicted octanol–water partition coefficient (Wildman–Crippen LogP) is 4.16. The average Bonchev–Trinajstić information content (AvgIpc) is 2.41. The van der Waals surface area contributed by atoms with E-state index in [4.69, 9.17) is 11.6 Å². The second kappa shape index (κ2) is 4.42. The van der Waals surface area contributed by atoms with Crippen LogP contribution < -0.4 is 4.90 Å². The summed E-state index contributed by atoms with van der Waals surface area (Å²) in [5, 5.41) is 0.125. The molecule has 0 saturated heterocycles. The SMILES string of the molecule is Fc1ccc(N2C=Nc3ccccc3C2)cc1Cl. The van der Waals surface area contributed by atoms with Gasteiger partial charge in [-0.3, -0.25) is 0 Å². The van der Waals surface area contributed by atoms with E-state index in [-0.39, 0.29) is 5.02 Å². The van der Waals surface area contributed by atoms with E-state index in [2.05, 4.69) is 4.99 Å². The third-order valence-electron chi connectivity index (χ3n) is 2.90. The van der Waals surface area contributed by atoms with Gasteiger partial charge in [-0.15, -0.1) is 0 Å². The standard InChI is InChI=1S/C14H10ClFN2/c15-12-7-11(5-6-13(12)16)18-8-10-3-1-2-4-14(10)17-9-18/h1-7,9H,8H2. The van der Waals surface area contributed by atoms with E-state index in [0.29, 0.717) is 6.54 Å². The molecule has 0 fully saturated rings. The van der Waals surface area contributed by atoms with Crippen LogP contribution in [0.5, 0.6) is 0 Å². The van der Waals surface area contributed by atoms with Gasteiger partial charge in [0.2, 0.25) is 0 Å². The molecule has 1 aliphatic heterocycles. The number of halogens is 2. The highest BCUT2D eigenvalue weighted by atomic mass is 35.5. The van der Waals surface area contributed by atoms with E-state index < -0.39 is 5.82 Å². The van der Waals surface area contributed by atoms with Crippen molar-refractivity contribution in [3.8, 4) is 0 Å². The van der Waals surface area contributed by atoms with Crippen LogP contribution in [0, 0.1) is 5.82 Å². The van der Waals surface area contributed by atoms with Crippen LogP contribution in [0.25, 0.3) is 0 Å². The van der Waals surface area contributed by atoms with Crippen LogP contribution in [0.15, 0.2) is 47.5 Å². The number of nitrogens with zero attached hydrogens (tertiary/aromatic N) is 2. The van der Waals surface area contributed by atoms with E-state index >= 15 is 0 Å². The molecule has 1 heterocycles. The van der Waals surface area contributed by atoms with Crippen LogP contribution >= 0.6 is 11.6 Å². The van der Waals surface area contributed by atoms with Crippen molar-refractivity contribution < 1.29 is 4.39 Å². The average molecular weight is 261 g/mol. The topological polar surface area (TPSA) is 15.6 Å². The quantitative estimate of drug-likeness (QED) is 0.752. The van der Waals surface area contributed by atoms with Crippen LogP contribution in [0.3, 0.4) is 0 Å². The molecule has 2 aromatic rings. The third kappa shape index (κ3) is 1.97. The fourth-order valence-corrected chi connectivity index (χ4v) is 2.12. The van der Waals surface area contributed by atoms with Gasteiger partial charge in [0, 0.05) is 5.69 Å². The second-order valence-electron chi connectivity index (χ2n) is 4.10. The zero-order valence-electron chi connectivity index (χ0n) is 9.48. The lowest BCUT2D eigenvalue weighted by atomic mass is 10.1. The predicted molar refractivity (Wildman–Crippen MR) is 72.2 cm³/mol. The van der Waals surface area contributed by atoms with Crippen molar-refractivity contribution in [1.29, 1.82) is 0 Å². The first-order chi connectivity index (χ1) is 8.74. The number of para-hydroxylation sites is 1. The molecule has 0 unspecified atom stereocenters. The molecule has 0 aliphatic carbocycles. The zero-order valence-corrected chi connectivity index (χ0v) is 10.2. The van der Waals surface area contributed by atoms with Crippen molar-refractivity contribution in [2.45, 2.75) is 6.54 Å². The lowest BCUT2D eigenvalue weighted by Crippen LogP contribution is -2.23. The van der Waals surface area contributed by atoms with Crippen molar-refractivity contribution >= 4 is 29.3 Å². The molecule has 4 heteroatoms. The van der Waals surface area contributed by atoms with E-state index in [1.54, 1.807) is 18.5 Å². The maximum atomic E-state index is 13.1. The highest BCUT2D eigenvalue weighted by molar-refractivity contribution is 6.31. The molecule has 0 bridgehead atoms. The van der Waals surface area contributed by atoms with E-state index in [1.807, 2.05) is 29.2 Å². The minimum atomic E-state index is -0.408. The van der Waals surface area contributed by atoms with Crippen LogP contribution in [0.4, 0.5) is 15.8 Å². The lowest BCUT2D eigenvalue weighted by molar-refractivity contribution is 0.628. The van der Waals surface area contributed by atoms with Gasteiger partial charge < -0.3 is 4.90 Å². The maximum Gasteiger partial charge on any atom is 0.141 e. The van der Waals surface area contributed by atoms with E-state index in [0.717, 1.165) is 16.9 Å². The second-order valence-corrected chi connectivity index (χ2v) is 4.51. The molecular formula is C14H10ClFN2. The van der Waals surface area contributed by atoms with Crippen molar-refractivity contribution in [3.05, 3.63) is 58.9 Å². The van der Waals surface area contributed by atoms with E-state index in [1.165, 1.54) is 6.07 Å². The largest absolute Gasteiger partial charge is 0.328 e. The molecule has 2 nitrogen and oxygen atoms in total. The molecule has 18 heavy (non-hydrogen) atoms. The van der Waals surface area contributed by atoms with Crippen LogP contribution in [0.1, 0.15) is 5.56 Å². The monoisotopic (exact) mass is 260 g/mol. The van der Waals surface area contributed by atoms with Crippen molar-refractivity contribution in [3.63, 3.8) is 0 Å². The van der Waals surface area contributed by atoms with Gasteiger partial charge in [-0.25, -0.2) is 9.38 Å². The Labute approximate surface area is 109 Å². The number of hydrogen-bond donors (Lipinski definition) is 0. The summed E-state index contributed by atoms with van der Waals surface area (Å²) in [5.74, 6) is -0.408. The van der Waals surface area contributed by atoms with Gasteiger partial charge in [-0.05, 0) is 29.8 Å². The minimum Gasteiger partial charge on any atom is -0.328 e.